The third-order valence-electron chi connectivity index (χ3n) is 3.64. The lowest BCUT2D eigenvalue weighted by molar-refractivity contribution is 0.0945. The number of hydrogen-bond donors (Lipinski definition) is 1. The summed E-state index contributed by atoms with van der Waals surface area (Å²) < 4.78 is 1.21. The number of aromatic nitrogens is 3. The summed E-state index contributed by atoms with van der Waals surface area (Å²) in [6.07, 6.45) is 0. The van der Waals surface area contributed by atoms with Gasteiger partial charge in [-0.1, -0.05) is 41.6 Å². The molecule has 0 bridgehead atoms. The predicted octanol–water partition coefficient (Wildman–Crippen LogP) is 2.98. The first-order valence-electron chi connectivity index (χ1n) is 6.81. The van der Waals surface area contributed by atoms with Gasteiger partial charge < -0.3 is 5.11 Å². The summed E-state index contributed by atoms with van der Waals surface area (Å²) in [5.41, 5.74) is 1.45. The lowest BCUT2D eigenvalue weighted by atomic mass is 10.1. The number of phenols is 1. The van der Waals surface area contributed by atoms with Crippen LogP contribution in [0.2, 0.25) is 0 Å². The van der Waals surface area contributed by atoms with Crippen LogP contribution in [0.5, 0.6) is 5.75 Å². The molecular formula is C17H11N3O2. The van der Waals surface area contributed by atoms with Gasteiger partial charge in [0, 0.05) is 0 Å². The van der Waals surface area contributed by atoms with E-state index in [0.717, 1.165) is 10.8 Å². The molecule has 3 aromatic carbocycles. The van der Waals surface area contributed by atoms with E-state index in [0.29, 0.717) is 11.0 Å². The third kappa shape index (κ3) is 1.83. The molecule has 106 valence electrons. The number of carbonyl (C=O) groups excluding carboxylic acids is 1. The zero-order valence-corrected chi connectivity index (χ0v) is 11.5. The minimum atomic E-state index is -0.406. The van der Waals surface area contributed by atoms with Gasteiger partial charge in [0.1, 0.15) is 11.3 Å². The summed E-state index contributed by atoms with van der Waals surface area (Å²) >= 11 is 0. The molecule has 1 N–H and O–H groups in total. The Morgan fingerprint density at radius 2 is 1.64 bits per heavy atom. The molecule has 0 spiro atoms. The largest absolute Gasteiger partial charge is 0.507 e. The van der Waals surface area contributed by atoms with E-state index in [-0.39, 0.29) is 11.3 Å². The summed E-state index contributed by atoms with van der Waals surface area (Å²) in [4.78, 5) is 12.7. The third-order valence-corrected chi connectivity index (χ3v) is 3.64. The van der Waals surface area contributed by atoms with Gasteiger partial charge in [-0.25, -0.2) is 0 Å². The average molecular weight is 289 g/mol. The number of hydrogen-bond acceptors (Lipinski definition) is 4. The summed E-state index contributed by atoms with van der Waals surface area (Å²) in [7, 11) is 0. The van der Waals surface area contributed by atoms with Crippen LogP contribution >= 0.6 is 0 Å². The van der Waals surface area contributed by atoms with E-state index in [4.69, 9.17) is 0 Å². The van der Waals surface area contributed by atoms with Crippen LogP contribution in [0.4, 0.5) is 0 Å². The van der Waals surface area contributed by atoms with Gasteiger partial charge in [0.05, 0.1) is 11.1 Å². The molecule has 0 saturated heterocycles. The van der Waals surface area contributed by atoms with Crippen molar-refractivity contribution >= 4 is 27.7 Å². The molecule has 0 aliphatic carbocycles. The number of rotatable bonds is 1. The maximum Gasteiger partial charge on any atom is 0.283 e. The average Bonchev–Trinajstić information content (AvgIpc) is 2.97. The summed E-state index contributed by atoms with van der Waals surface area (Å²) in [6.45, 7) is 0. The van der Waals surface area contributed by atoms with E-state index in [1.807, 2.05) is 36.4 Å². The number of aromatic hydroxyl groups is 1. The molecule has 1 heterocycles. The standard InChI is InChI=1S/C17H11N3O2/c21-16-10-12-6-2-1-5-11(12)9-13(16)17(22)20-15-8-4-3-7-14(15)18-19-20/h1-10,21H. The van der Waals surface area contributed by atoms with E-state index in [2.05, 4.69) is 10.3 Å². The van der Waals surface area contributed by atoms with Gasteiger partial charge in [-0.3, -0.25) is 4.79 Å². The highest BCUT2D eigenvalue weighted by atomic mass is 16.3. The van der Waals surface area contributed by atoms with Crippen LogP contribution in [0.3, 0.4) is 0 Å². The smallest absolute Gasteiger partial charge is 0.283 e. The molecule has 0 unspecified atom stereocenters. The first kappa shape index (κ1) is 12.5. The molecular weight excluding hydrogens is 278 g/mol. The Morgan fingerprint density at radius 3 is 2.45 bits per heavy atom. The maximum absolute atomic E-state index is 12.7. The van der Waals surface area contributed by atoms with E-state index >= 15 is 0 Å². The van der Waals surface area contributed by atoms with Crippen LogP contribution in [0.25, 0.3) is 21.8 Å². The van der Waals surface area contributed by atoms with Crippen LogP contribution in [-0.2, 0) is 0 Å². The molecule has 1 aromatic heterocycles. The van der Waals surface area contributed by atoms with Crippen molar-refractivity contribution in [2.45, 2.75) is 0 Å². The van der Waals surface area contributed by atoms with Crippen molar-refractivity contribution in [1.82, 2.24) is 15.0 Å². The molecule has 0 radical (unpaired) electrons. The van der Waals surface area contributed by atoms with Crippen molar-refractivity contribution in [1.29, 1.82) is 0 Å². The molecule has 4 aromatic rings. The quantitative estimate of drug-likeness (QED) is 0.585. The summed E-state index contributed by atoms with van der Waals surface area (Å²) in [5, 5.41) is 19.8. The Hall–Kier alpha value is -3.21. The highest BCUT2D eigenvalue weighted by Gasteiger charge is 2.18. The molecule has 0 fully saturated rings. The number of phenolic OH excluding ortho intramolecular Hbond substituents is 1. The monoisotopic (exact) mass is 289 g/mol. The summed E-state index contributed by atoms with van der Waals surface area (Å²) in [5.74, 6) is -0.472. The Kier molecular flexibility index (Phi) is 2.66. The predicted molar refractivity (Wildman–Crippen MR) is 82.9 cm³/mol. The van der Waals surface area contributed by atoms with Crippen molar-refractivity contribution in [3.8, 4) is 5.75 Å². The number of nitrogens with zero attached hydrogens (tertiary/aromatic N) is 3. The fourth-order valence-corrected chi connectivity index (χ4v) is 2.53. The molecule has 0 aliphatic rings. The molecule has 5 heteroatoms. The van der Waals surface area contributed by atoms with E-state index in [1.54, 1.807) is 24.3 Å². The van der Waals surface area contributed by atoms with Crippen LogP contribution < -0.4 is 0 Å². The van der Waals surface area contributed by atoms with Crippen molar-refractivity contribution in [2.24, 2.45) is 0 Å². The van der Waals surface area contributed by atoms with Crippen molar-refractivity contribution in [3.63, 3.8) is 0 Å². The Morgan fingerprint density at radius 1 is 0.955 bits per heavy atom. The molecule has 4 rings (SSSR count). The Bertz CT molecular complexity index is 1020. The SMILES string of the molecule is O=C(c1cc2ccccc2cc1O)n1nnc2ccccc21. The Balaban J connectivity index is 1.91. The normalized spacial score (nSPS) is 11.1. The molecule has 0 aliphatic heterocycles. The minimum absolute atomic E-state index is 0.0664. The van der Waals surface area contributed by atoms with Gasteiger partial charge >= 0.3 is 0 Å². The first-order valence-corrected chi connectivity index (χ1v) is 6.81. The second-order valence-corrected chi connectivity index (χ2v) is 5.01. The number of carbonyl (C=O) groups is 1. The molecule has 0 saturated carbocycles. The van der Waals surface area contributed by atoms with Gasteiger partial charge in [-0.05, 0) is 35.0 Å². The second kappa shape index (κ2) is 4.66. The maximum atomic E-state index is 12.7. The van der Waals surface area contributed by atoms with E-state index in [9.17, 15) is 9.90 Å². The van der Waals surface area contributed by atoms with E-state index < -0.39 is 5.91 Å². The number of para-hydroxylation sites is 1. The lowest BCUT2D eigenvalue weighted by Gasteiger charge is -2.06. The van der Waals surface area contributed by atoms with Crippen molar-refractivity contribution < 1.29 is 9.90 Å². The molecule has 5 nitrogen and oxygen atoms in total. The zero-order chi connectivity index (χ0) is 15.1. The van der Waals surface area contributed by atoms with E-state index in [1.165, 1.54) is 4.68 Å². The van der Waals surface area contributed by atoms with Crippen LogP contribution in [0, 0.1) is 0 Å². The van der Waals surface area contributed by atoms with Crippen molar-refractivity contribution in [3.05, 3.63) is 66.2 Å². The van der Waals surface area contributed by atoms with Gasteiger partial charge in [-0.15, -0.1) is 5.10 Å². The molecule has 0 amide bonds. The van der Waals surface area contributed by atoms with Crippen LogP contribution in [0.15, 0.2) is 60.7 Å². The fourth-order valence-electron chi connectivity index (χ4n) is 2.53. The number of fused-ring (bicyclic) bond motifs is 2. The second-order valence-electron chi connectivity index (χ2n) is 5.01. The van der Waals surface area contributed by atoms with Crippen LogP contribution in [0.1, 0.15) is 10.4 Å². The van der Waals surface area contributed by atoms with Gasteiger partial charge in [0.15, 0.2) is 0 Å². The summed E-state index contributed by atoms with van der Waals surface area (Å²) in [6, 6.07) is 18.0. The number of benzene rings is 3. The van der Waals surface area contributed by atoms with Gasteiger partial charge in [0.2, 0.25) is 0 Å². The first-order chi connectivity index (χ1) is 10.7. The zero-order valence-electron chi connectivity index (χ0n) is 11.5. The molecule has 22 heavy (non-hydrogen) atoms. The fraction of sp³-hybridized carbons (Fsp3) is 0. The van der Waals surface area contributed by atoms with Gasteiger partial charge in [-0.2, -0.15) is 4.68 Å². The van der Waals surface area contributed by atoms with Gasteiger partial charge in [0.25, 0.3) is 5.91 Å². The Labute approximate surface area is 125 Å². The topological polar surface area (TPSA) is 68.0 Å². The van der Waals surface area contributed by atoms with Crippen molar-refractivity contribution in [2.75, 3.05) is 0 Å². The molecule has 0 atom stereocenters. The lowest BCUT2D eigenvalue weighted by Crippen LogP contribution is -2.14. The minimum Gasteiger partial charge on any atom is -0.507 e. The highest BCUT2D eigenvalue weighted by molar-refractivity contribution is 6.05. The van der Waals surface area contributed by atoms with Crippen LogP contribution in [-0.4, -0.2) is 26.0 Å². The highest BCUT2D eigenvalue weighted by Crippen LogP contribution is 2.26.